The van der Waals surface area contributed by atoms with Crippen LogP contribution >= 0.6 is 24.8 Å². The van der Waals surface area contributed by atoms with Crippen molar-refractivity contribution in [1.29, 1.82) is 0 Å². The van der Waals surface area contributed by atoms with Gasteiger partial charge in [0, 0.05) is 19.0 Å². The van der Waals surface area contributed by atoms with Crippen LogP contribution in [0.3, 0.4) is 0 Å². The standard InChI is InChI=1S/C18H24N4O.2ClH/c23-18(16-11-12-5-1-2-6-13(12)20-16)19-10-9-17-21-14-7-3-4-8-15(14)22-17;;/h3-4,7-8,12-13,16,20H,1-2,5-6,9-11H2,(H,19,23)(H,21,22);2*1H. The zero-order chi connectivity index (χ0) is 15.6. The number of benzene rings is 1. The lowest BCUT2D eigenvalue weighted by atomic mass is 9.85. The van der Waals surface area contributed by atoms with Crippen LogP contribution in [0.1, 0.15) is 37.9 Å². The molecule has 1 aliphatic carbocycles. The number of amides is 1. The Morgan fingerprint density at radius 1 is 1.20 bits per heavy atom. The van der Waals surface area contributed by atoms with Crippen molar-refractivity contribution >= 4 is 41.8 Å². The first-order chi connectivity index (χ1) is 11.3. The molecule has 1 aromatic carbocycles. The monoisotopic (exact) mass is 384 g/mol. The minimum Gasteiger partial charge on any atom is -0.354 e. The minimum absolute atomic E-state index is 0. The number of carbonyl (C=O) groups is 1. The molecule has 1 aliphatic heterocycles. The van der Waals surface area contributed by atoms with Crippen molar-refractivity contribution < 1.29 is 4.79 Å². The van der Waals surface area contributed by atoms with E-state index in [9.17, 15) is 4.79 Å². The third-order valence-corrected chi connectivity index (χ3v) is 5.28. The van der Waals surface area contributed by atoms with Crippen LogP contribution in [0, 0.1) is 5.92 Å². The summed E-state index contributed by atoms with van der Waals surface area (Å²) in [5, 5.41) is 6.59. The lowest BCUT2D eigenvalue weighted by Gasteiger charge is -2.24. The first kappa shape index (κ1) is 20.0. The SMILES string of the molecule is Cl.Cl.O=C(NCCc1nc2ccccc2[nH]1)C1CC2CCCCC2N1. The number of rotatable bonds is 4. The Labute approximate surface area is 160 Å². The molecular formula is C18H26Cl2N4O. The molecule has 2 fully saturated rings. The number of H-pyrrole nitrogens is 1. The number of para-hydroxylation sites is 2. The summed E-state index contributed by atoms with van der Waals surface area (Å²) in [5.41, 5.74) is 2.03. The van der Waals surface area contributed by atoms with Gasteiger partial charge in [0.1, 0.15) is 5.82 Å². The molecule has 1 amide bonds. The lowest BCUT2D eigenvalue weighted by Crippen LogP contribution is -2.43. The number of nitrogens with one attached hydrogen (secondary N) is 3. The van der Waals surface area contributed by atoms with Gasteiger partial charge in [0.2, 0.25) is 5.91 Å². The molecule has 0 bridgehead atoms. The molecule has 2 aromatic rings. The largest absolute Gasteiger partial charge is 0.354 e. The maximum atomic E-state index is 12.3. The molecule has 138 valence electrons. The van der Waals surface area contributed by atoms with E-state index in [1.54, 1.807) is 0 Å². The zero-order valence-corrected chi connectivity index (χ0v) is 15.8. The van der Waals surface area contributed by atoms with Gasteiger partial charge >= 0.3 is 0 Å². The minimum atomic E-state index is -0.00114. The lowest BCUT2D eigenvalue weighted by molar-refractivity contribution is -0.122. The number of carbonyl (C=O) groups excluding carboxylic acids is 1. The average Bonchev–Trinajstić information content (AvgIpc) is 3.18. The van der Waals surface area contributed by atoms with Gasteiger partial charge in [-0.15, -0.1) is 24.8 Å². The number of fused-ring (bicyclic) bond motifs is 2. The van der Waals surface area contributed by atoms with Gasteiger partial charge in [-0.3, -0.25) is 4.79 Å². The molecule has 7 heteroatoms. The van der Waals surface area contributed by atoms with Crippen molar-refractivity contribution in [3.63, 3.8) is 0 Å². The third-order valence-electron chi connectivity index (χ3n) is 5.28. The summed E-state index contributed by atoms with van der Waals surface area (Å²) in [6, 6.07) is 8.57. The van der Waals surface area contributed by atoms with Gasteiger partial charge in [0.25, 0.3) is 0 Å². The number of aromatic amines is 1. The number of hydrogen-bond donors (Lipinski definition) is 3. The fraction of sp³-hybridized carbons (Fsp3) is 0.556. The summed E-state index contributed by atoms with van der Waals surface area (Å²) in [4.78, 5) is 20.2. The predicted molar refractivity (Wildman–Crippen MR) is 105 cm³/mol. The van der Waals surface area contributed by atoms with E-state index in [0.717, 1.165) is 29.7 Å². The van der Waals surface area contributed by atoms with Gasteiger partial charge in [-0.2, -0.15) is 0 Å². The Morgan fingerprint density at radius 2 is 2.00 bits per heavy atom. The van der Waals surface area contributed by atoms with Gasteiger partial charge in [0.15, 0.2) is 0 Å². The smallest absolute Gasteiger partial charge is 0.237 e. The molecule has 4 rings (SSSR count). The van der Waals surface area contributed by atoms with E-state index >= 15 is 0 Å². The van der Waals surface area contributed by atoms with E-state index < -0.39 is 0 Å². The molecule has 3 N–H and O–H groups in total. The van der Waals surface area contributed by atoms with Crippen molar-refractivity contribution in [2.75, 3.05) is 6.54 Å². The van der Waals surface area contributed by atoms with Crippen LogP contribution in [0.15, 0.2) is 24.3 Å². The van der Waals surface area contributed by atoms with E-state index in [2.05, 4.69) is 20.6 Å². The molecule has 3 atom stereocenters. The highest BCUT2D eigenvalue weighted by Crippen LogP contribution is 2.33. The van der Waals surface area contributed by atoms with E-state index in [-0.39, 0.29) is 36.8 Å². The first-order valence-electron chi connectivity index (χ1n) is 8.77. The van der Waals surface area contributed by atoms with Crippen molar-refractivity contribution in [1.82, 2.24) is 20.6 Å². The van der Waals surface area contributed by atoms with Crippen LogP contribution in [-0.2, 0) is 11.2 Å². The summed E-state index contributed by atoms with van der Waals surface area (Å²) in [7, 11) is 0. The van der Waals surface area contributed by atoms with Gasteiger partial charge in [-0.05, 0) is 37.3 Å². The van der Waals surface area contributed by atoms with E-state index in [0.29, 0.717) is 18.5 Å². The van der Waals surface area contributed by atoms with Gasteiger partial charge < -0.3 is 15.6 Å². The number of aromatic nitrogens is 2. The van der Waals surface area contributed by atoms with Gasteiger partial charge in [0.05, 0.1) is 17.1 Å². The summed E-state index contributed by atoms with van der Waals surface area (Å²) in [6.07, 6.45) is 6.87. The molecule has 3 unspecified atom stereocenters. The van der Waals surface area contributed by atoms with Crippen LogP contribution < -0.4 is 10.6 Å². The maximum absolute atomic E-state index is 12.3. The quantitative estimate of drug-likeness (QED) is 0.758. The Kier molecular flexibility index (Phi) is 7.11. The van der Waals surface area contributed by atoms with Crippen LogP contribution in [0.4, 0.5) is 0 Å². The van der Waals surface area contributed by atoms with Crippen LogP contribution in [0.2, 0.25) is 0 Å². The predicted octanol–water partition coefficient (Wildman–Crippen LogP) is 2.99. The second kappa shape index (κ2) is 8.88. The Hall–Kier alpha value is -1.30. The first-order valence-corrected chi connectivity index (χ1v) is 8.77. The van der Waals surface area contributed by atoms with Crippen LogP contribution in [-0.4, -0.2) is 34.5 Å². The van der Waals surface area contributed by atoms with Gasteiger partial charge in [-0.25, -0.2) is 4.98 Å². The summed E-state index contributed by atoms with van der Waals surface area (Å²) >= 11 is 0. The second-order valence-electron chi connectivity index (χ2n) is 6.85. The summed E-state index contributed by atoms with van der Waals surface area (Å²) in [6.45, 7) is 0.631. The summed E-state index contributed by atoms with van der Waals surface area (Å²) in [5.74, 6) is 1.78. The second-order valence-corrected chi connectivity index (χ2v) is 6.85. The Bertz CT molecular complexity index is 658. The highest BCUT2D eigenvalue weighted by Gasteiger charge is 2.37. The van der Waals surface area contributed by atoms with Gasteiger partial charge in [-0.1, -0.05) is 25.0 Å². The van der Waals surface area contributed by atoms with E-state index in [4.69, 9.17) is 0 Å². The fourth-order valence-electron chi connectivity index (χ4n) is 4.07. The molecule has 5 nitrogen and oxygen atoms in total. The molecule has 1 saturated heterocycles. The molecule has 2 heterocycles. The van der Waals surface area contributed by atoms with Crippen molar-refractivity contribution in [2.24, 2.45) is 5.92 Å². The normalized spacial score (nSPS) is 24.9. The number of nitrogens with zero attached hydrogens (tertiary/aromatic N) is 1. The van der Waals surface area contributed by atoms with Crippen LogP contribution in [0.5, 0.6) is 0 Å². The molecule has 0 radical (unpaired) electrons. The molecule has 1 aromatic heterocycles. The van der Waals surface area contributed by atoms with E-state index in [1.165, 1.54) is 25.7 Å². The van der Waals surface area contributed by atoms with Crippen molar-refractivity contribution in [3.05, 3.63) is 30.1 Å². The third kappa shape index (κ3) is 4.46. The maximum Gasteiger partial charge on any atom is 0.237 e. The molecule has 25 heavy (non-hydrogen) atoms. The Morgan fingerprint density at radius 3 is 2.80 bits per heavy atom. The van der Waals surface area contributed by atoms with Crippen LogP contribution in [0.25, 0.3) is 11.0 Å². The average molecular weight is 385 g/mol. The van der Waals surface area contributed by atoms with E-state index in [1.807, 2.05) is 24.3 Å². The number of imidazole rings is 1. The highest BCUT2D eigenvalue weighted by molar-refractivity contribution is 5.85. The molecule has 0 spiro atoms. The fourth-order valence-corrected chi connectivity index (χ4v) is 4.07. The topological polar surface area (TPSA) is 69.8 Å². The van der Waals surface area contributed by atoms with Crippen molar-refractivity contribution in [3.8, 4) is 0 Å². The van der Waals surface area contributed by atoms with Crippen molar-refractivity contribution in [2.45, 2.75) is 50.6 Å². The highest BCUT2D eigenvalue weighted by atomic mass is 35.5. The number of halogens is 2. The summed E-state index contributed by atoms with van der Waals surface area (Å²) < 4.78 is 0. The zero-order valence-electron chi connectivity index (χ0n) is 14.2. The Balaban J connectivity index is 0.00000113. The molecule has 1 saturated carbocycles. The molecule has 2 aliphatic rings. The molecular weight excluding hydrogens is 359 g/mol. The number of hydrogen-bond acceptors (Lipinski definition) is 3.